The van der Waals surface area contributed by atoms with E-state index in [-0.39, 0.29) is 6.10 Å². The molecule has 2 aromatic rings. The van der Waals surface area contributed by atoms with E-state index in [1.807, 2.05) is 6.07 Å². The lowest BCUT2D eigenvalue weighted by atomic mass is 10.0. The van der Waals surface area contributed by atoms with Crippen molar-refractivity contribution in [3.63, 3.8) is 0 Å². The van der Waals surface area contributed by atoms with Gasteiger partial charge in [0.2, 0.25) is 0 Å². The highest BCUT2D eigenvalue weighted by Gasteiger charge is 2.16. The minimum absolute atomic E-state index is 0.113. The van der Waals surface area contributed by atoms with Gasteiger partial charge >= 0.3 is 0 Å². The molecule has 1 heterocycles. The molecule has 1 aliphatic heterocycles. The Kier molecular flexibility index (Phi) is 8.08. The largest absolute Gasteiger partial charge is 0.393 e. The Bertz CT molecular complexity index is 752. The first-order chi connectivity index (χ1) is 14.1. The van der Waals surface area contributed by atoms with Crippen LogP contribution in [0.2, 0.25) is 0 Å². The van der Waals surface area contributed by atoms with Crippen LogP contribution in [0.1, 0.15) is 42.4 Å². The fourth-order valence-electron chi connectivity index (χ4n) is 3.65. The molecule has 0 radical (unpaired) electrons. The highest BCUT2D eigenvalue weighted by atomic mass is 16.3. The maximum absolute atomic E-state index is 9.63. The number of nitrogens with one attached hydrogen (secondary N) is 2. The fraction of sp³-hybridized carbons (Fsp3) is 0.458. The third kappa shape index (κ3) is 6.87. The number of aliphatic hydroxyl groups excluding tert-OH is 1. The van der Waals surface area contributed by atoms with Gasteiger partial charge in [-0.15, -0.1) is 0 Å². The smallest absolute Gasteiger partial charge is 0.191 e. The molecule has 1 fully saturated rings. The van der Waals surface area contributed by atoms with Crippen molar-refractivity contribution in [1.82, 2.24) is 15.5 Å². The summed E-state index contributed by atoms with van der Waals surface area (Å²) in [5.41, 5.74) is 3.89. The molecule has 0 aliphatic carbocycles. The van der Waals surface area contributed by atoms with Crippen LogP contribution in [0.25, 0.3) is 0 Å². The van der Waals surface area contributed by atoms with E-state index in [0.717, 1.165) is 51.5 Å². The van der Waals surface area contributed by atoms with Crippen molar-refractivity contribution < 1.29 is 5.11 Å². The summed E-state index contributed by atoms with van der Waals surface area (Å²) in [7, 11) is 1.81. The number of aliphatic imine (C=N–C) groups is 1. The number of nitrogens with zero attached hydrogens (tertiary/aromatic N) is 2. The number of hydrogen-bond acceptors (Lipinski definition) is 3. The normalized spacial score (nSPS) is 17.1. The van der Waals surface area contributed by atoms with Gasteiger partial charge in [-0.1, -0.05) is 61.5 Å². The summed E-state index contributed by atoms with van der Waals surface area (Å²) in [6.07, 6.45) is 1.66. The molecule has 0 amide bonds. The third-order valence-corrected chi connectivity index (χ3v) is 5.61. The molecule has 5 heteroatoms. The summed E-state index contributed by atoms with van der Waals surface area (Å²) in [5, 5.41) is 16.4. The van der Waals surface area contributed by atoms with E-state index in [0.29, 0.717) is 5.92 Å². The molecule has 0 aromatic heterocycles. The van der Waals surface area contributed by atoms with E-state index in [1.54, 1.807) is 7.05 Å². The Morgan fingerprint density at radius 3 is 2.34 bits per heavy atom. The molecule has 0 bridgehead atoms. The first-order valence-corrected chi connectivity index (χ1v) is 10.6. The SMILES string of the molecule is CN=C(NCc1ccc(CN2CCC(O)CC2)cc1)NCC(C)c1ccccc1. The van der Waals surface area contributed by atoms with E-state index >= 15 is 0 Å². The molecule has 29 heavy (non-hydrogen) atoms. The molecule has 156 valence electrons. The van der Waals surface area contributed by atoms with Crippen molar-refractivity contribution in [2.75, 3.05) is 26.7 Å². The van der Waals surface area contributed by atoms with Gasteiger partial charge in [0, 0.05) is 39.8 Å². The van der Waals surface area contributed by atoms with Crippen LogP contribution in [0, 0.1) is 0 Å². The van der Waals surface area contributed by atoms with Crippen LogP contribution in [-0.4, -0.2) is 48.8 Å². The Morgan fingerprint density at radius 1 is 1.03 bits per heavy atom. The predicted molar refractivity (Wildman–Crippen MR) is 120 cm³/mol. The standard InChI is InChI=1S/C24H34N4O/c1-19(22-6-4-3-5-7-22)16-26-24(25-2)27-17-20-8-10-21(11-9-20)18-28-14-12-23(29)13-15-28/h3-11,19,23,29H,12-18H2,1-2H3,(H2,25,26,27). The van der Waals surface area contributed by atoms with Crippen LogP contribution in [0.4, 0.5) is 0 Å². The second kappa shape index (κ2) is 11.0. The molecule has 1 unspecified atom stereocenters. The predicted octanol–water partition coefficient (Wildman–Crippen LogP) is 3.11. The monoisotopic (exact) mass is 394 g/mol. The quantitative estimate of drug-likeness (QED) is 0.499. The molecule has 0 saturated carbocycles. The van der Waals surface area contributed by atoms with Crippen LogP contribution in [-0.2, 0) is 13.1 Å². The van der Waals surface area contributed by atoms with Gasteiger partial charge in [0.05, 0.1) is 6.10 Å². The maximum atomic E-state index is 9.63. The zero-order chi connectivity index (χ0) is 20.5. The number of piperidine rings is 1. The number of benzene rings is 2. The van der Waals surface area contributed by atoms with Gasteiger partial charge in [-0.2, -0.15) is 0 Å². The van der Waals surface area contributed by atoms with E-state index < -0.39 is 0 Å². The highest BCUT2D eigenvalue weighted by Crippen LogP contribution is 2.15. The molecule has 5 nitrogen and oxygen atoms in total. The van der Waals surface area contributed by atoms with Crippen LogP contribution in [0.5, 0.6) is 0 Å². The Labute approximate surface area is 174 Å². The minimum Gasteiger partial charge on any atom is -0.393 e. The lowest BCUT2D eigenvalue weighted by Gasteiger charge is -2.29. The number of rotatable bonds is 7. The fourth-order valence-corrected chi connectivity index (χ4v) is 3.65. The van der Waals surface area contributed by atoms with Crippen molar-refractivity contribution >= 4 is 5.96 Å². The van der Waals surface area contributed by atoms with Gasteiger partial charge in [0.1, 0.15) is 0 Å². The highest BCUT2D eigenvalue weighted by molar-refractivity contribution is 5.79. The van der Waals surface area contributed by atoms with Crippen LogP contribution in [0.3, 0.4) is 0 Å². The molecule has 1 atom stereocenters. The van der Waals surface area contributed by atoms with E-state index in [2.05, 4.69) is 76.0 Å². The van der Waals surface area contributed by atoms with E-state index in [9.17, 15) is 5.11 Å². The lowest BCUT2D eigenvalue weighted by molar-refractivity contribution is 0.0792. The molecule has 0 spiro atoms. The van der Waals surface area contributed by atoms with Crippen molar-refractivity contribution in [2.24, 2.45) is 4.99 Å². The lowest BCUT2D eigenvalue weighted by Crippen LogP contribution is -2.38. The number of guanidine groups is 1. The van der Waals surface area contributed by atoms with E-state index in [1.165, 1.54) is 16.7 Å². The first kappa shape index (κ1) is 21.3. The summed E-state index contributed by atoms with van der Waals surface area (Å²) in [6.45, 7) is 6.73. The summed E-state index contributed by atoms with van der Waals surface area (Å²) in [4.78, 5) is 6.75. The van der Waals surface area contributed by atoms with Crippen molar-refractivity contribution in [2.45, 2.75) is 44.9 Å². The van der Waals surface area contributed by atoms with Crippen LogP contribution in [0.15, 0.2) is 59.6 Å². The molecular formula is C24H34N4O. The first-order valence-electron chi connectivity index (χ1n) is 10.6. The summed E-state index contributed by atoms with van der Waals surface area (Å²) < 4.78 is 0. The maximum Gasteiger partial charge on any atom is 0.191 e. The molecule has 1 aliphatic rings. The zero-order valence-corrected chi connectivity index (χ0v) is 17.6. The van der Waals surface area contributed by atoms with Crippen molar-refractivity contribution in [1.29, 1.82) is 0 Å². The zero-order valence-electron chi connectivity index (χ0n) is 17.6. The molecule has 1 saturated heterocycles. The van der Waals surface area contributed by atoms with Gasteiger partial charge < -0.3 is 15.7 Å². The molecule has 3 N–H and O–H groups in total. The molecular weight excluding hydrogens is 360 g/mol. The topological polar surface area (TPSA) is 59.9 Å². The van der Waals surface area contributed by atoms with Crippen molar-refractivity contribution in [3.8, 4) is 0 Å². The summed E-state index contributed by atoms with van der Waals surface area (Å²) in [5.74, 6) is 1.24. The van der Waals surface area contributed by atoms with Crippen molar-refractivity contribution in [3.05, 3.63) is 71.3 Å². The van der Waals surface area contributed by atoms with Gasteiger partial charge in [-0.25, -0.2) is 0 Å². The number of hydrogen-bond donors (Lipinski definition) is 3. The average Bonchev–Trinajstić information content (AvgIpc) is 2.77. The van der Waals surface area contributed by atoms with Gasteiger partial charge in [0.25, 0.3) is 0 Å². The van der Waals surface area contributed by atoms with E-state index in [4.69, 9.17) is 0 Å². The molecule has 3 rings (SSSR count). The van der Waals surface area contributed by atoms with Gasteiger partial charge in [-0.3, -0.25) is 9.89 Å². The Balaban J connectivity index is 1.42. The second-order valence-corrected chi connectivity index (χ2v) is 7.94. The second-order valence-electron chi connectivity index (χ2n) is 7.94. The number of aliphatic hydroxyl groups is 1. The minimum atomic E-state index is -0.113. The van der Waals surface area contributed by atoms with Crippen LogP contribution >= 0.6 is 0 Å². The molecule has 2 aromatic carbocycles. The van der Waals surface area contributed by atoms with Crippen LogP contribution < -0.4 is 10.6 Å². The summed E-state index contributed by atoms with van der Waals surface area (Å²) >= 11 is 0. The summed E-state index contributed by atoms with van der Waals surface area (Å²) in [6, 6.07) is 19.3. The Hall–Kier alpha value is -2.37. The van der Waals surface area contributed by atoms with Gasteiger partial charge in [-0.05, 0) is 35.4 Å². The third-order valence-electron chi connectivity index (χ3n) is 5.61. The average molecular weight is 395 g/mol. The number of likely N-dealkylation sites (tertiary alicyclic amines) is 1. The van der Waals surface area contributed by atoms with Gasteiger partial charge in [0.15, 0.2) is 5.96 Å². The Morgan fingerprint density at radius 2 is 1.69 bits per heavy atom.